The maximum absolute atomic E-state index is 12.5. The summed E-state index contributed by atoms with van der Waals surface area (Å²) in [5.41, 5.74) is 3.15. The number of hydrogen-bond donors (Lipinski definition) is 0. The van der Waals surface area contributed by atoms with Crippen LogP contribution in [0.4, 0.5) is 0 Å². The first-order valence-electron chi connectivity index (χ1n) is 8.60. The Kier molecular flexibility index (Phi) is 4.43. The summed E-state index contributed by atoms with van der Waals surface area (Å²) in [5.74, 6) is 1.37. The third-order valence-electron chi connectivity index (χ3n) is 4.52. The van der Waals surface area contributed by atoms with Crippen molar-refractivity contribution >= 4 is 5.91 Å². The minimum atomic E-state index is 0.218. The van der Waals surface area contributed by atoms with Gasteiger partial charge in [0.2, 0.25) is 5.91 Å². The third kappa shape index (κ3) is 2.95. The fraction of sp³-hybridized carbons (Fsp3) is 0.647. The van der Waals surface area contributed by atoms with Gasteiger partial charge in [0.25, 0.3) is 0 Å². The van der Waals surface area contributed by atoms with Gasteiger partial charge in [-0.3, -0.25) is 9.48 Å². The summed E-state index contributed by atoms with van der Waals surface area (Å²) < 4.78 is 3.95. The maximum Gasteiger partial charge on any atom is 0.223 e. The molecule has 0 aromatic carbocycles. The molecule has 7 nitrogen and oxygen atoms in total. The molecule has 130 valence electrons. The van der Waals surface area contributed by atoms with E-state index in [-0.39, 0.29) is 11.9 Å². The summed E-state index contributed by atoms with van der Waals surface area (Å²) in [7, 11) is 1.96. The summed E-state index contributed by atoms with van der Waals surface area (Å²) in [6.45, 7) is 9.71. The number of rotatable bonds is 4. The Bertz CT molecular complexity index is 742. The first-order valence-corrected chi connectivity index (χ1v) is 8.60. The molecule has 1 aliphatic heterocycles. The monoisotopic (exact) mass is 330 g/mol. The average Bonchev–Trinajstić information content (AvgIpc) is 3.11. The van der Waals surface area contributed by atoms with Gasteiger partial charge in [-0.05, 0) is 19.8 Å². The maximum atomic E-state index is 12.5. The largest absolute Gasteiger partial charge is 0.338 e. The van der Waals surface area contributed by atoms with E-state index in [4.69, 9.17) is 0 Å². The van der Waals surface area contributed by atoms with Gasteiger partial charge in [0.05, 0.1) is 0 Å². The minimum absolute atomic E-state index is 0.218. The lowest BCUT2D eigenvalue weighted by molar-refractivity contribution is -0.132. The lowest BCUT2D eigenvalue weighted by Crippen LogP contribution is -2.36. The second kappa shape index (κ2) is 6.37. The van der Waals surface area contributed by atoms with Crippen molar-refractivity contribution in [3.8, 4) is 11.5 Å². The van der Waals surface area contributed by atoms with Gasteiger partial charge in [-0.2, -0.15) is 5.10 Å². The van der Waals surface area contributed by atoms with Crippen molar-refractivity contribution in [2.45, 2.75) is 53.1 Å². The fourth-order valence-corrected chi connectivity index (χ4v) is 3.25. The van der Waals surface area contributed by atoms with Gasteiger partial charge < -0.3 is 9.47 Å². The molecule has 3 heterocycles. The van der Waals surface area contributed by atoms with Crippen LogP contribution in [0.3, 0.4) is 0 Å². The molecule has 0 aliphatic carbocycles. The van der Waals surface area contributed by atoms with Gasteiger partial charge in [0.15, 0.2) is 5.82 Å². The molecule has 0 N–H and O–H groups in total. The molecule has 0 radical (unpaired) electrons. The lowest BCUT2D eigenvalue weighted by atomic mass is 10.0. The highest BCUT2D eigenvalue weighted by Crippen LogP contribution is 2.30. The normalized spacial score (nSPS) is 14.5. The Hall–Kier alpha value is -2.18. The zero-order valence-corrected chi connectivity index (χ0v) is 15.2. The van der Waals surface area contributed by atoms with Crippen LogP contribution in [0, 0.1) is 5.92 Å². The Morgan fingerprint density at radius 1 is 1.29 bits per heavy atom. The zero-order valence-electron chi connectivity index (χ0n) is 15.2. The Labute approximate surface area is 142 Å². The van der Waals surface area contributed by atoms with Crippen LogP contribution in [-0.2, 0) is 24.8 Å². The van der Waals surface area contributed by atoms with Crippen LogP contribution < -0.4 is 0 Å². The van der Waals surface area contributed by atoms with Crippen molar-refractivity contribution in [3.05, 3.63) is 17.6 Å². The van der Waals surface area contributed by atoms with Crippen LogP contribution in [0.5, 0.6) is 0 Å². The van der Waals surface area contributed by atoms with Crippen molar-refractivity contribution in [3.63, 3.8) is 0 Å². The fourth-order valence-electron chi connectivity index (χ4n) is 3.25. The number of hydrogen-bond acceptors (Lipinski definition) is 4. The molecule has 3 rings (SSSR count). The molecule has 0 fully saturated rings. The quantitative estimate of drug-likeness (QED) is 0.862. The van der Waals surface area contributed by atoms with E-state index in [2.05, 4.69) is 43.0 Å². The molecular weight excluding hydrogens is 304 g/mol. The molecule has 7 heteroatoms. The molecule has 0 bridgehead atoms. The van der Waals surface area contributed by atoms with Crippen LogP contribution >= 0.6 is 0 Å². The summed E-state index contributed by atoms with van der Waals surface area (Å²) >= 11 is 0. The van der Waals surface area contributed by atoms with Crippen molar-refractivity contribution in [1.29, 1.82) is 0 Å². The number of fused-ring (bicyclic) bond motifs is 1. The number of amides is 1. The van der Waals surface area contributed by atoms with Crippen molar-refractivity contribution in [2.75, 3.05) is 6.54 Å². The topological polar surface area (TPSA) is 68.8 Å². The van der Waals surface area contributed by atoms with Crippen molar-refractivity contribution in [2.24, 2.45) is 13.0 Å². The summed E-state index contributed by atoms with van der Waals surface area (Å²) in [6.07, 6.45) is 3.16. The van der Waals surface area contributed by atoms with Crippen LogP contribution in [0.1, 0.15) is 51.4 Å². The highest BCUT2D eigenvalue weighted by atomic mass is 16.2. The number of carbonyl (C=O) groups excluding carboxylic acids is 1. The van der Waals surface area contributed by atoms with Gasteiger partial charge >= 0.3 is 0 Å². The van der Waals surface area contributed by atoms with E-state index in [1.165, 1.54) is 5.69 Å². The van der Waals surface area contributed by atoms with E-state index in [0.717, 1.165) is 30.0 Å². The smallest absolute Gasteiger partial charge is 0.223 e. The summed E-state index contributed by atoms with van der Waals surface area (Å²) in [6, 6.07) is 0.259. The van der Waals surface area contributed by atoms with E-state index in [0.29, 0.717) is 18.9 Å². The molecular formula is C17H26N6O. The Morgan fingerprint density at radius 3 is 2.71 bits per heavy atom. The molecule has 1 amide bonds. The highest BCUT2D eigenvalue weighted by Gasteiger charge is 2.29. The van der Waals surface area contributed by atoms with E-state index < -0.39 is 0 Å². The minimum Gasteiger partial charge on any atom is -0.338 e. The molecule has 1 aliphatic rings. The first-order chi connectivity index (χ1) is 11.4. The van der Waals surface area contributed by atoms with E-state index >= 15 is 0 Å². The molecule has 2 aromatic heterocycles. The van der Waals surface area contributed by atoms with Gasteiger partial charge in [-0.1, -0.05) is 13.8 Å². The van der Waals surface area contributed by atoms with Gasteiger partial charge in [0, 0.05) is 50.3 Å². The standard InChI is InChI=1S/C17H26N6O/c1-11(2)8-15(24)22-7-6-14-13(9-22)16(20-21(14)5)17-19-18-10-23(17)12(3)4/h10-12H,6-9H2,1-5H3. The summed E-state index contributed by atoms with van der Waals surface area (Å²) in [4.78, 5) is 14.4. The molecule has 0 saturated carbocycles. The van der Waals surface area contributed by atoms with E-state index in [1.807, 2.05) is 21.2 Å². The molecule has 0 atom stereocenters. The van der Waals surface area contributed by atoms with Crippen molar-refractivity contribution in [1.82, 2.24) is 29.4 Å². The zero-order chi connectivity index (χ0) is 17.4. The van der Waals surface area contributed by atoms with E-state index in [1.54, 1.807) is 6.33 Å². The number of aryl methyl sites for hydroxylation is 1. The SMILES string of the molecule is CC(C)CC(=O)N1CCc2c(c(-c3nncn3C(C)C)nn2C)C1. The van der Waals surface area contributed by atoms with Gasteiger partial charge in [0.1, 0.15) is 12.0 Å². The number of aromatic nitrogens is 5. The molecule has 2 aromatic rings. The van der Waals surface area contributed by atoms with Crippen LogP contribution in [0.25, 0.3) is 11.5 Å². The Balaban J connectivity index is 1.96. The number of carbonyl (C=O) groups is 1. The van der Waals surface area contributed by atoms with Gasteiger partial charge in [-0.25, -0.2) is 0 Å². The predicted molar refractivity (Wildman–Crippen MR) is 91.2 cm³/mol. The van der Waals surface area contributed by atoms with Gasteiger partial charge in [-0.15, -0.1) is 10.2 Å². The van der Waals surface area contributed by atoms with Crippen LogP contribution in [0.2, 0.25) is 0 Å². The molecule has 24 heavy (non-hydrogen) atoms. The Morgan fingerprint density at radius 2 is 2.04 bits per heavy atom. The second-order valence-corrected chi connectivity index (χ2v) is 7.22. The number of nitrogens with zero attached hydrogens (tertiary/aromatic N) is 6. The summed E-state index contributed by atoms with van der Waals surface area (Å²) in [5, 5.41) is 13.0. The van der Waals surface area contributed by atoms with Crippen LogP contribution in [-0.4, -0.2) is 41.9 Å². The second-order valence-electron chi connectivity index (χ2n) is 7.22. The average molecular weight is 330 g/mol. The predicted octanol–water partition coefficient (Wildman–Crippen LogP) is 2.19. The highest BCUT2D eigenvalue weighted by molar-refractivity contribution is 5.77. The van der Waals surface area contributed by atoms with Crippen molar-refractivity contribution < 1.29 is 4.79 Å². The lowest BCUT2D eigenvalue weighted by Gasteiger charge is -2.28. The molecule has 0 spiro atoms. The third-order valence-corrected chi connectivity index (χ3v) is 4.52. The molecule has 0 saturated heterocycles. The molecule has 0 unspecified atom stereocenters. The van der Waals surface area contributed by atoms with E-state index in [9.17, 15) is 4.79 Å². The first kappa shape index (κ1) is 16.7. The van der Waals surface area contributed by atoms with Crippen LogP contribution in [0.15, 0.2) is 6.33 Å².